The summed E-state index contributed by atoms with van der Waals surface area (Å²) in [5.41, 5.74) is 0.0281. The van der Waals surface area contributed by atoms with Gasteiger partial charge in [-0.1, -0.05) is 13.3 Å². The van der Waals surface area contributed by atoms with Gasteiger partial charge in [0, 0.05) is 5.92 Å². The molecule has 2 saturated carbocycles. The molecule has 3 rings (SSSR count). The number of aliphatic carboxylic acids is 1. The van der Waals surface area contributed by atoms with Crippen LogP contribution in [-0.2, 0) is 4.79 Å². The molecule has 2 fully saturated rings. The average molecular weight is 384 g/mol. The Labute approximate surface area is 143 Å². The Kier molecular flexibility index (Phi) is 4.49. The molecule has 0 spiro atoms. The van der Waals surface area contributed by atoms with E-state index in [1.807, 2.05) is 0 Å². The Bertz CT molecular complexity index is 616. The molecule has 126 valence electrons. The molecule has 1 amide bonds. The Morgan fingerprint density at radius 2 is 2.00 bits per heavy atom. The van der Waals surface area contributed by atoms with Crippen LogP contribution in [0.4, 0.5) is 0 Å². The summed E-state index contributed by atoms with van der Waals surface area (Å²) in [4.78, 5) is 24.4. The minimum Gasteiger partial charge on any atom is -0.480 e. The first-order valence-corrected chi connectivity index (χ1v) is 9.06. The molecule has 0 aliphatic heterocycles. The van der Waals surface area contributed by atoms with E-state index in [1.165, 1.54) is 0 Å². The van der Waals surface area contributed by atoms with E-state index in [0.717, 1.165) is 37.8 Å². The van der Waals surface area contributed by atoms with E-state index in [4.69, 9.17) is 0 Å². The van der Waals surface area contributed by atoms with Crippen LogP contribution < -0.4 is 5.32 Å². The van der Waals surface area contributed by atoms with Crippen LogP contribution in [0, 0.1) is 5.92 Å². The third kappa shape index (κ3) is 3.16. The highest BCUT2D eigenvalue weighted by Crippen LogP contribution is 2.43. The molecule has 0 aromatic carbocycles. The third-order valence-corrected chi connectivity index (χ3v) is 6.03. The summed E-state index contributed by atoms with van der Waals surface area (Å²) in [6.07, 6.45) is 5.86. The largest absolute Gasteiger partial charge is 0.480 e. The lowest BCUT2D eigenvalue weighted by atomic mass is 9.75. The van der Waals surface area contributed by atoms with Crippen molar-refractivity contribution in [3.63, 3.8) is 0 Å². The van der Waals surface area contributed by atoms with Crippen molar-refractivity contribution in [2.75, 3.05) is 0 Å². The first-order chi connectivity index (χ1) is 11.0. The maximum Gasteiger partial charge on any atom is 0.329 e. The van der Waals surface area contributed by atoms with Gasteiger partial charge in [0.05, 0.1) is 10.2 Å². The second-order valence-corrected chi connectivity index (χ2v) is 7.56. The lowest BCUT2D eigenvalue weighted by molar-refractivity contribution is -0.146. The van der Waals surface area contributed by atoms with E-state index in [1.54, 1.807) is 0 Å². The normalized spacial score (nSPS) is 27.7. The number of halogens is 1. The second-order valence-electron chi connectivity index (χ2n) is 6.77. The minimum atomic E-state index is -1.17. The monoisotopic (exact) mass is 383 g/mol. The highest BCUT2D eigenvalue weighted by molar-refractivity contribution is 9.10. The number of carbonyl (C=O) groups excluding carboxylic acids is 1. The number of nitrogens with zero attached hydrogens (tertiary/aromatic N) is 1. The first kappa shape index (κ1) is 16.5. The number of hydrogen-bond acceptors (Lipinski definition) is 3. The standard InChI is InChI=1S/C16H22BrN3O3/c1-2-9-5-7-16(8-6-9,15(22)23)18-14(21)13-11(17)12(19-20-13)10-3-4-10/h9-10H,2-8H2,1H3,(H,18,21)(H,19,20)(H,22,23). The maximum absolute atomic E-state index is 12.6. The van der Waals surface area contributed by atoms with Crippen molar-refractivity contribution in [3.8, 4) is 0 Å². The smallest absolute Gasteiger partial charge is 0.329 e. The molecule has 1 aromatic heterocycles. The van der Waals surface area contributed by atoms with Gasteiger partial charge in [0.15, 0.2) is 5.69 Å². The predicted molar refractivity (Wildman–Crippen MR) is 88.3 cm³/mol. The number of carbonyl (C=O) groups is 2. The molecule has 0 unspecified atom stereocenters. The quantitative estimate of drug-likeness (QED) is 0.727. The molecular weight excluding hydrogens is 362 g/mol. The van der Waals surface area contributed by atoms with E-state index >= 15 is 0 Å². The van der Waals surface area contributed by atoms with Crippen LogP contribution in [0.3, 0.4) is 0 Å². The van der Waals surface area contributed by atoms with E-state index in [-0.39, 0.29) is 5.69 Å². The summed E-state index contributed by atoms with van der Waals surface area (Å²) in [6, 6.07) is 0. The van der Waals surface area contributed by atoms with Crippen molar-refractivity contribution in [2.24, 2.45) is 5.92 Å². The van der Waals surface area contributed by atoms with Crippen molar-refractivity contribution in [2.45, 2.75) is 63.3 Å². The molecule has 2 aliphatic carbocycles. The number of carboxylic acid groups (broad SMARTS) is 1. The SMILES string of the molecule is CCC1CCC(NC(=O)c2n[nH]c(C3CC3)c2Br)(C(=O)O)CC1. The van der Waals surface area contributed by atoms with E-state index in [0.29, 0.717) is 29.2 Å². The van der Waals surface area contributed by atoms with Crippen LogP contribution in [-0.4, -0.2) is 32.7 Å². The predicted octanol–water partition coefficient (Wildman–Crippen LogP) is 3.20. The second kappa shape index (κ2) is 6.26. The van der Waals surface area contributed by atoms with Crippen molar-refractivity contribution in [1.29, 1.82) is 0 Å². The molecule has 6 nitrogen and oxygen atoms in total. The summed E-state index contributed by atoms with van der Waals surface area (Å²) in [5, 5.41) is 19.4. The maximum atomic E-state index is 12.6. The topological polar surface area (TPSA) is 95.1 Å². The van der Waals surface area contributed by atoms with Gasteiger partial charge in [0.25, 0.3) is 5.91 Å². The minimum absolute atomic E-state index is 0.255. The lowest BCUT2D eigenvalue weighted by Gasteiger charge is -2.37. The Hall–Kier alpha value is -1.37. The fraction of sp³-hybridized carbons (Fsp3) is 0.688. The number of rotatable bonds is 5. The summed E-state index contributed by atoms with van der Waals surface area (Å²) in [6.45, 7) is 2.12. The van der Waals surface area contributed by atoms with E-state index < -0.39 is 17.4 Å². The van der Waals surface area contributed by atoms with Gasteiger partial charge in [0.1, 0.15) is 5.54 Å². The van der Waals surface area contributed by atoms with E-state index in [2.05, 4.69) is 38.4 Å². The molecule has 0 atom stereocenters. The van der Waals surface area contributed by atoms with Crippen LogP contribution in [0.25, 0.3) is 0 Å². The number of hydrogen-bond donors (Lipinski definition) is 3. The Morgan fingerprint density at radius 1 is 1.35 bits per heavy atom. The molecule has 3 N–H and O–H groups in total. The van der Waals surface area contributed by atoms with E-state index in [9.17, 15) is 14.7 Å². The molecule has 1 aromatic rings. The van der Waals surface area contributed by atoms with Gasteiger partial charge in [-0.15, -0.1) is 0 Å². The van der Waals surface area contributed by atoms with Crippen molar-refractivity contribution in [1.82, 2.24) is 15.5 Å². The van der Waals surface area contributed by atoms with Crippen LogP contribution in [0.2, 0.25) is 0 Å². The van der Waals surface area contributed by atoms with Crippen molar-refractivity contribution >= 4 is 27.8 Å². The fourth-order valence-electron chi connectivity index (χ4n) is 3.38. The molecule has 7 heteroatoms. The van der Waals surface area contributed by atoms with Gasteiger partial charge < -0.3 is 10.4 Å². The van der Waals surface area contributed by atoms with Crippen molar-refractivity contribution in [3.05, 3.63) is 15.9 Å². The summed E-state index contributed by atoms with van der Waals surface area (Å²) in [5.74, 6) is -0.378. The van der Waals surface area contributed by atoms with Gasteiger partial charge in [0.2, 0.25) is 0 Å². The number of nitrogens with one attached hydrogen (secondary N) is 2. The summed E-state index contributed by atoms with van der Waals surface area (Å²) in [7, 11) is 0. The Balaban J connectivity index is 1.75. The highest BCUT2D eigenvalue weighted by atomic mass is 79.9. The molecule has 0 saturated heterocycles. The molecule has 1 heterocycles. The van der Waals surface area contributed by atoms with Gasteiger partial charge in [-0.05, 0) is 60.4 Å². The molecule has 0 radical (unpaired) electrons. The third-order valence-electron chi connectivity index (χ3n) is 5.23. The van der Waals surface area contributed by atoms with Gasteiger partial charge >= 0.3 is 5.97 Å². The highest BCUT2D eigenvalue weighted by Gasteiger charge is 2.44. The number of aromatic nitrogens is 2. The number of amides is 1. The van der Waals surface area contributed by atoms with Crippen LogP contribution in [0.15, 0.2) is 4.47 Å². The fourth-order valence-corrected chi connectivity index (χ4v) is 4.06. The average Bonchev–Trinajstić information content (AvgIpc) is 3.30. The summed E-state index contributed by atoms with van der Waals surface area (Å²) < 4.78 is 0.667. The molecule has 0 bridgehead atoms. The number of aromatic amines is 1. The van der Waals surface area contributed by atoms with Gasteiger partial charge in [-0.2, -0.15) is 5.10 Å². The van der Waals surface area contributed by atoms with Crippen LogP contribution >= 0.6 is 15.9 Å². The molecular formula is C16H22BrN3O3. The number of carboxylic acids is 1. The lowest BCUT2D eigenvalue weighted by Crippen LogP contribution is -2.56. The van der Waals surface area contributed by atoms with Gasteiger partial charge in [-0.3, -0.25) is 9.89 Å². The van der Waals surface area contributed by atoms with Gasteiger partial charge in [-0.25, -0.2) is 4.79 Å². The number of H-pyrrole nitrogens is 1. The van der Waals surface area contributed by atoms with Crippen LogP contribution in [0.1, 0.15) is 74.0 Å². The van der Waals surface area contributed by atoms with Crippen molar-refractivity contribution < 1.29 is 14.7 Å². The Morgan fingerprint density at radius 3 is 2.52 bits per heavy atom. The summed E-state index contributed by atoms with van der Waals surface area (Å²) >= 11 is 3.43. The zero-order valence-corrected chi connectivity index (χ0v) is 14.8. The zero-order valence-electron chi connectivity index (χ0n) is 13.2. The molecule has 23 heavy (non-hydrogen) atoms. The molecule has 2 aliphatic rings. The first-order valence-electron chi connectivity index (χ1n) is 8.26. The van der Waals surface area contributed by atoms with Crippen LogP contribution in [0.5, 0.6) is 0 Å². The zero-order chi connectivity index (χ0) is 16.6.